The third kappa shape index (κ3) is 2.93. The van der Waals surface area contributed by atoms with Crippen LogP contribution in [-0.4, -0.2) is 29.5 Å². The number of carbonyl (C=O) groups is 1. The molecule has 0 aliphatic rings. The summed E-state index contributed by atoms with van der Waals surface area (Å²) >= 11 is 0. The van der Waals surface area contributed by atoms with E-state index in [-0.39, 0.29) is 5.91 Å². The van der Waals surface area contributed by atoms with Gasteiger partial charge in [0.25, 0.3) is 5.91 Å². The molecule has 0 saturated carbocycles. The Hall–Kier alpha value is -2.82. The topological polar surface area (TPSA) is 67.0 Å². The fraction of sp³-hybridized carbons (Fsp3) is 0.176. The summed E-state index contributed by atoms with van der Waals surface area (Å²) in [4.78, 5) is 19.3. The predicted octanol–water partition coefficient (Wildman–Crippen LogP) is 2.54. The van der Waals surface area contributed by atoms with Crippen LogP contribution in [0.4, 0.5) is 0 Å². The number of amides is 1. The zero-order chi connectivity index (χ0) is 15.4. The summed E-state index contributed by atoms with van der Waals surface area (Å²) in [6, 6.07) is 11.5. The molecule has 22 heavy (non-hydrogen) atoms. The molecule has 112 valence electrons. The fourth-order valence-corrected chi connectivity index (χ4v) is 2.39. The number of carbonyl (C=O) groups excluding carboxylic acids is 1. The number of nitrogens with zero attached hydrogens (tertiary/aromatic N) is 1. The van der Waals surface area contributed by atoms with Crippen LogP contribution in [0.1, 0.15) is 15.9 Å². The minimum atomic E-state index is -0.130. The van der Waals surface area contributed by atoms with Gasteiger partial charge in [-0.2, -0.15) is 0 Å². The van der Waals surface area contributed by atoms with Crippen LogP contribution in [0.15, 0.2) is 48.8 Å². The summed E-state index contributed by atoms with van der Waals surface area (Å²) in [5.74, 6) is 0.366. The number of benzene rings is 1. The largest absolute Gasteiger partial charge is 0.481 e. The summed E-state index contributed by atoms with van der Waals surface area (Å²) in [6.07, 6.45) is 4.28. The van der Waals surface area contributed by atoms with Crippen LogP contribution < -0.4 is 10.1 Å². The second-order valence-corrected chi connectivity index (χ2v) is 4.95. The molecular weight excluding hydrogens is 278 g/mol. The average molecular weight is 295 g/mol. The van der Waals surface area contributed by atoms with Gasteiger partial charge < -0.3 is 15.0 Å². The molecule has 2 N–H and O–H groups in total. The molecule has 0 fully saturated rings. The third-order valence-electron chi connectivity index (χ3n) is 3.56. The van der Waals surface area contributed by atoms with Crippen molar-refractivity contribution < 1.29 is 9.53 Å². The first-order valence-electron chi connectivity index (χ1n) is 7.11. The van der Waals surface area contributed by atoms with Crippen LogP contribution >= 0.6 is 0 Å². The molecule has 0 spiro atoms. The number of pyridine rings is 1. The van der Waals surface area contributed by atoms with E-state index in [1.807, 2.05) is 24.4 Å². The van der Waals surface area contributed by atoms with Crippen molar-refractivity contribution in [3.8, 4) is 5.88 Å². The lowest BCUT2D eigenvalue weighted by Crippen LogP contribution is -2.25. The molecule has 0 aliphatic heterocycles. The number of methoxy groups -OCH3 is 1. The van der Waals surface area contributed by atoms with E-state index < -0.39 is 0 Å². The highest BCUT2D eigenvalue weighted by Crippen LogP contribution is 2.17. The van der Waals surface area contributed by atoms with Crippen molar-refractivity contribution in [2.45, 2.75) is 6.42 Å². The first-order chi connectivity index (χ1) is 10.8. The summed E-state index contributed by atoms with van der Waals surface area (Å²) in [7, 11) is 1.54. The number of nitrogens with one attached hydrogen (secondary N) is 2. The Bertz CT molecular complexity index is 778. The Labute approximate surface area is 128 Å². The smallest absolute Gasteiger partial charge is 0.252 e. The Morgan fingerprint density at radius 1 is 1.27 bits per heavy atom. The third-order valence-corrected chi connectivity index (χ3v) is 3.56. The molecule has 0 atom stereocenters. The maximum Gasteiger partial charge on any atom is 0.252 e. The zero-order valence-electron chi connectivity index (χ0n) is 12.3. The van der Waals surface area contributed by atoms with Crippen LogP contribution in [0.5, 0.6) is 5.88 Å². The van der Waals surface area contributed by atoms with Gasteiger partial charge in [-0.05, 0) is 24.1 Å². The number of hydrogen-bond donors (Lipinski definition) is 2. The second-order valence-electron chi connectivity index (χ2n) is 4.95. The van der Waals surface area contributed by atoms with Crippen LogP contribution in [0.25, 0.3) is 10.9 Å². The molecule has 0 radical (unpaired) electrons. The second kappa shape index (κ2) is 6.30. The minimum Gasteiger partial charge on any atom is -0.481 e. The van der Waals surface area contributed by atoms with Gasteiger partial charge in [-0.1, -0.05) is 18.2 Å². The van der Waals surface area contributed by atoms with Crippen molar-refractivity contribution in [3.63, 3.8) is 0 Å². The van der Waals surface area contributed by atoms with Crippen LogP contribution in [0.3, 0.4) is 0 Å². The number of para-hydroxylation sites is 1. The van der Waals surface area contributed by atoms with E-state index in [1.165, 1.54) is 17.1 Å². The van der Waals surface area contributed by atoms with Gasteiger partial charge in [0.2, 0.25) is 5.88 Å². The quantitative estimate of drug-likeness (QED) is 0.760. The molecule has 5 nitrogen and oxygen atoms in total. The van der Waals surface area contributed by atoms with E-state index in [0.29, 0.717) is 18.0 Å². The molecule has 3 aromatic rings. The van der Waals surface area contributed by atoms with Crippen molar-refractivity contribution in [2.75, 3.05) is 13.7 Å². The lowest BCUT2D eigenvalue weighted by molar-refractivity contribution is 0.0953. The fourth-order valence-electron chi connectivity index (χ4n) is 2.39. The van der Waals surface area contributed by atoms with Gasteiger partial charge in [0.05, 0.1) is 12.7 Å². The van der Waals surface area contributed by atoms with E-state index >= 15 is 0 Å². The zero-order valence-corrected chi connectivity index (χ0v) is 12.3. The van der Waals surface area contributed by atoms with Crippen LogP contribution in [0, 0.1) is 0 Å². The van der Waals surface area contributed by atoms with E-state index in [2.05, 4.69) is 21.4 Å². The number of fused-ring (bicyclic) bond motifs is 1. The maximum absolute atomic E-state index is 12.0. The summed E-state index contributed by atoms with van der Waals surface area (Å²) in [6.45, 7) is 0.576. The molecule has 0 unspecified atom stereocenters. The molecule has 2 heterocycles. The van der Waals surface area contributed by atoms with Gasteiger partial charge in [0, 0.05) is 35.9 Å². The molecule has 0 aliphatic carbocycles. The first kappa shape index (κ1) is 14.1. The maximum atomic E-state index is 12.0. The van der Waals surface area contributed by atoms with Crippen molar-refractivity contribution in [1.29, 1.82) is 0 Å². The summed E-state index contributed by atoms with van der Waals surface area (Å²) in [5.41, 5.74) is 2.84. The lowest BCUT2D eigenvalue weighted by atomic mass is 10.1. The highest BCUT2D eigenvalue weighted by molar-refractivity contribution is 5.94. The van der Waals surface area contributed by atoms with Gasteiger partial charge in [-0.15, -0.1) is 0 Å². The Morgan fingerprint density at radius 2 is 2.14 bits per heavy atom. The van der Waals surface area contributed by atoms with Crippen molar-refractivity contribution in [2.24, 2.45) is 0 Å². The predicted molar refractivity (Wildman–Crippen MR) is 85.1 cm³/mol. The molecule has 0 bridgehead atoms. The van der Waals surface area contributed by atoms with Gasteiger partial charge in [-0.25, -0.2) is 4.98 Å². The van der Waals surface area contributed by atoms with Crippen molar-refractivity contribution in [3.05, 3.63) is 59.9 Å². The average Bonchev–Trinajstić information content (AvgIpc) is 2.98. The SMILES string of the molecule is COc1ccc(C(=O)NCCc2c[nH]c3ccccc23)cn1. The molecule has 5 heteroatoms. The van der Waals surface area contributed by atoms with E-state index in [4.69, 9.17) is 4.74 Å². The number of hydrogen-bond acceptors (Lipinski definition) is 3. The minimum absolute atomic E-state index is 0.130. The van der Waals surface area contributed by atoms with Gasteiger partial charge in [-0.3, -0.25) is 4.79 Å². The lowest BCUT2D eigenvalue weighted by Gasteiger charge is -2.05. The number of rotatable bonds is 5. The highest BCUT2D eigenvalue weighted by Gasteiger charge is 2.07. The number of aromatic nitrogens is 2. The van der Waals surface area contributed by atoms with Crippen LogP contribution in [-0.2, 0) is 6.42 Å². The van der Waals surface area contributed by atoms with E-state index in [9.17, 15) is 4.79 Å². The van der Waals surface area contributed by atoms with Crippen LogP contribution in [0.2, 0.25) is 0 Å². The molecule has 3 rings (SSSR count). The highest BCUT2D eigenvalue weighted by atomic mass is 16.5. The number of H-pyrrole nitrogens is 1. The molecular formula is C17H17N3O2. The molecule has 1 aromatic carbocycles. The van der Waals surface area contributed by atoms with E-state index in [0.717, 1.165) is 11.9 Å². The Balaban J connectivity index is 1.59. The summed E-state index contributed by atoms with van der Waals surface area (Å²) < 4.78 is 4.97. The van der Waals surface area contributed by atoms with Gasteiger partial charge in [0.1, 0.15) is 0 Å². The Morgan fingerprint density at radius 3 is 2.91 bits per heavy atom. The Kier molecular flexibility index (Phi) is 4.05. The van der Waals surface area contributed by atoms with Crippen molar-refractivity contribution >= 4 is 16.8 Å². The van der Waals surface area contributed by atoms with Gasteiger partial charge in [0.15, 0.2) is 0 Å². The normalized spacial score (nSPS) is 10.6. The van der Waals surface area contributed by atoms with E-state index in [1.54, 1.807) is 19.2 Å². The molecule has 0 saturated heterocycles. The molecule has 1 amide bonds. The monoisotopic (exact) mass is 295 g/mol. The number of aromatic amines is 1. The van der Waals surface area contributed by atoms with Gasteiger partial charge >= 0.3 is 0 Å². The molecule has 2 aromatic heterocycles. The summed E-state index contributed by atoms with van der Waals surface area (Å²) in [5, 5.41) is 4.10. The number of ether oxygens (including phenoxy) is 1. The van der Waals surface area contributed by atoms with Crippen molar-refractivity contribution in [1.82, 2.24) is 15.3 Å². The standard InChI is InChI=1S/C17H17N3O2/c1-22-16-7-6-13(11-20-16)17(21)18-9-8-12-10-19-15-5-3-2-4-14(12)15/h2-7,10-11,19H,8-9H2,1H3,(H,18,21). The first-order valence-corrected chi connectivity index (χ1v) is 7.11.